The van der Waals surface area contributed by atoms with Gasteiger partial charge in [-0.3, -0.25) is 9.59 Å². The maximum absolute atomic E-state index is 12.1. The number of benzene rings is 1. The van der Waals surface area contributed by atoms with Crippen LogP contribution in [0.25, 0.3) is 0 Å². The molecule has 2 N–H and O–H groups in total. The summed E-state index contributed by atoms with van der Waals surface area (Å²) in [4.78, 5) is 23.1. The van der Waals surface area contributed by atoms with Gasteiger partial charge < -0.3 is 15.2 Å². The minimum atomic E-state index is -0.983. The van der Waals surface area contributed by atoms with E-state index in [4.69, 9.17) is 21.4 Å². The third-order valence-corrected chi connectivity index (χ3v) is 3.71. The zero-order valence-electron chi connectivity index (χ0n) is 9.73. The Hall–Kier alpha value is -1.11. The zero-order valence-corrected chi connectivity index (χ0v) is 12.1. The number of ether oxygens (including phenoxy) is 1. The highest BCUT2D eigenvalue weighted by Gasteiger charge is 2.35. The summed E-state index contributed by atoms with van der Waals surface area (Å²) in [7, 11) is 0. The average molecular weight is 349 g/mol. The van der Waals surface area contributed by atoms with Crippen LogP contribution in [0.4, 0.5) is 0 Å². The quantitative estimate of drug-likeness (QED) is 0.875. The normalized spacial score (nSPS) is 22.2. The number of carboxylic acid groups (broad SMARTS) is 1. The van der Waals surface area contributed by atoms with E-state index in [9.17, 15) is 9.59 Å². The van der Waals surface area contributed by atoms with Crippen LogP contribution in [-0.4, -0.2) is 36.2 Å². The molecular formula is C12H11BrClNO4. The van der Waals surface area contributed by atoms with Gasteiger partial charge in [0, 0.05) is 4.47 Å². The third-order valence-electron chi connectivity index (χ3n) is 2.89. The fraction of sp³-hybridized carbons (Fsp3) is 0.333. The van der Waals surface area contributed by atoms with Crippen molar-refractivity contribution in [2.45, 2.75) is 6.04 Å². The molecule has 0 aliphatic carbocycles. The SMILES string of the molecule is O=C(NC1COCC1C(=O)O)c1cc(Br)ccc1Cl. The Morgan fingerprint density at radius 2 is 2.16 bits per heavy atom. The van der Waals surface area contributed by atoms with Crippen molar-refractivity contribution in [3.63, 3.8) is 0 Å². The lowest BCUT2D eigenvalue weighted by molar-refractivity contribution is -0.142. The maximum atomic E-state index is 12.1. The fourth-order valence-corrected chi connectivity index (χ4v) is 2.42. The number of halogens is 2. The molecule has 102 valence electrons. The smallest absolute Gasteiger partial charge is 0.311 e. The Bertz CT molecular complexity index is 522. The summed E-state index contributed by atoms with van der Waals surface area (Å²) in [5, 5.41) is 12.0. The molecule has 1 aromatic rings. The molecule has 2 atom stereocenters. The number of rotatable bonds is 3. The molecule has 0 saturated carbocycles. The Kier molecular flexibility index (Phi) is 4.44. The van der Waals surface area contributed by atoms with Crippen molar-refractivity contribution < 1.29 is 19.4 Å². The van der Waals surface area contributed by atoms with Gasteiger partial charge in [0.15, 0.2) is 0 Å². The van der Waals surface area contributed by atoms with Crippen LogP contribution in [0.2, 0.25) is 5.02 Å². The first-order valence-corrected chi connectivity index (χ1v) is 6.72. The molecule has 2 rings (SSSR count). The van der Waals surface area contributed by atoms with E-state index in [1.807, 2.05) is 0 Å². The Balaban J connectivity index is 2.12. The summed E-state index contributed by atoms with van der Waals surface area (Å²) in [6.45, 7) is 0.292. The third kappa shape index (κ3) is 3.26. The van der Waals surface area contributed by atoms with Crippen molar-refractivity contribution >= 4 is 39.4 Å². The Morgan fingerprint density at radius 3 is 2.84 bits per heavy atom. The molecule has 0 spiro atoms. The molecule has 0 radical (unpaired) electrons. The molecule has 19 heavy (non-hydrogen) atoms. The molecule has 0 bridgehead atoms. The van der Waals surface area contributed by atoms with Crippen molar-refractivity contribution in [1.29, 1.82) is 0 Å². The number of amides is 1. The van der Waals surface area contributed by atoms with E-state index in [2.05, 4.69) is 21.2 Å². The monoisotopic (exact) mass is 347 g/mol. The van der Waals surface area contributed by atoms with Crippen LogP contribution in [0.5, 0.6) is 0 Å². The van der Waals surface area contributed by atoms with Gasteiger partial charge in [0.25, 0.3) is 5.91 Å². The van der Waals surface area contributed by atoms with Crippen LogP contribution in [0.3, 0.4) is 0 Å². The molecule has 7 heteroatoms. The second-order valence-electron chi connectivity index (χ2n) is 4.19. The number of carboxylic acids is 1. The van der Waals surface area contributed by atoms with Crippen molar-refractivity contribution in [3.05, 3.63) is 33.3 Å². The second kappa shape index (κ2) is 5.90. The van der Waals surface area contributed by atoms with E-state index in [0.29, 0.717) is 10.6 Å². The Labute approximate surface area is 123 Å². The van der Waals surface area contributed by atoms with Gasteiger partial charge in [-0.2, -0.15) is 0 Å². The van der Waals surface area contributed by atoms with Gasteiger partial charge in [-0.15, -0.1) is 0 Å². The molecule has 1 aliphatic heterocycles. The van der Waals surface area contributed by atoms with Crippen LogP contribution in [0.1, 0.15) is 10.4 Å². The van der Waals surface area contributed by atoms with E-state index < -0.39 is 23.8 Å². The number of carbonyl (C=O) groups excluding carboxylic acids is 1. The summed E-state index contributed by atoms with van der Waals surface area (Å²) in [6.07, 6.45) is 0. The number of hydrogen-bond acceptors (Lipinski definition) is 3. The van der Waals surface area contributed by atoms with Crippen molar-refractivity contribution in [1.82, 2.24) is 5.32 Å². The standard InChI is InChI=1S/C12H11BrClNO4/c13-6-1-2-9(14)7(3-6)11(16)15-10-5-19-4-8(10)12(17)18/h1-3,8,10H,4-5H2,(H,15,16)(H,17,18). The summed E-state index contributed by atoms with van der Waals surface area (Å²) in [5.41, 5.74) is 0.298. The van der Waals surface area contributed by atoms with Crippen LogP contribution in [0.15, 0.2) is 22.7 Å². The van der Waals surface area contributed by atoms with Gasteiger partial charge in [0.1, 0.15) is 5.92 Å². The van der Waals surface area contributed by atoms with Gasteiger partial charge in [-0.05, 0) is 18.2 Å². The predicted molar refractivity (Wildman–Crippen MR) is 72.4 cm³/mol. The number of carbonyl (C=O) groups is 2. The number of nitrogens with one attached hydrogen (secondary N) is 1. The lowest BCUT2D eigenvalue weighted by Gasteiger charge is -2.16. The zero-order chi connectivity index (χ0) is 14.0. The molecule has 0 aromatic heterocycles. The Morgan fingerprint density at radius 1 is 1.42 bits per heavy atom. The van der Waals surface area contributed by atoms with Crippen LogP contribution >= 0.6 is 27.5 Å². The predicted octanol–water partition coefficient (Wildman–Crippen LogP) is 1.93. The van der Waals surface area contributed by atoms with Crippen LogP contribution in [0, 0.1) is 5.92 Å². The van der Waals surface area contributed by atoms with E-state index in [-0.39, 0.29) is 13.2 Å². The molecule has 5 nitrogen and oxygen atoms in total. The van der Waals surface area contributed by atoms with Crippen molar-refractivity contribution in [2.75, 3.05) is 13.2 Å². The highest BCUT2D eigenvalue weighted by molar-refractivity contribution is 9.10. The minimum absolute atomic E-state index is 0.104. The largest absolute Gasteiger partial charge is 0.481 e. The van der Waals surface area contributed by atoms with Gasteiger partial charge in [-0.1, -0.05) is 27.5 Å². The molecule has 1 aromatic carbocycles. The van der Waals surface area contributed by atoms with Crippen molar-refractivity contribution in [2.24, 2.45) is 5.92 Å². The first kappa shape index (κ1) is 14.3. The first-order chi connectivity index (χ1) is 8.99. The molecular weight excluding hydrogens is 337 g/mol. The van der Waals surface area contributed by atoms with Gasteiger partial charge in [0.2, 0.25) is 0 Å². The molecule has 2 unspecified atom stereocenters. The van der Waals surface area contributed by atoms with Gasteiger partial charge >= 0.3 is 5.97 Å². The maximum Gasteiger partial charge on any atom is 0.311 e. The molecule has 1 saturated heterocycles. The topological polar surface area (TPSA) is 75.6 Å². The van der Waals surface area contributed by atoms with E-state index >= 15 is 0 Å². The highest BCUT2D eigenvalue weighted by Crippen LogP contribution is 2.22. The highest BCUT2D eigenvalue weighted by atomic mass is 79.9. The van der Waals surface area contributed by atoms with Crippen molar-refractivity contribution in [3.8, 4) is 0 Å². The molecule has 1 fully saturated rings. The summed E-state index contributed by atoms with van der Waals surface area (Å²) in [5.74, 6) is -2.12. The number of hydrogen-bond donors (Lipinski definition) is 2. The average Bonchev–Trinajstić information content (AvgIpc) is 2.80. The summed E-state index contributed by atoms with van der Waals surface area (Å²) in [6, 6.07) is 4.36. The number of aliphatic carboxylic acids is 1. The fourth-order valence-electron chi connectivity index (χ4n) is 1.86. The minimum Gasteiger partial charge on any atom is -0.481 e. The van der Waals surface area contributed by atoms with Crippen LogP contribution in [-0.2, 0) is 9.53 Å². The second-order valence-corrected chi connectivity index (χ2v) is 5.51. The van der Waals surface area contributed by atoms with E-state index in [0.717, 1.165) is 4.47 Å². The van der Waals surface area contributed by atoms with E-state index in [1.165, 1.54) is 0 Å². The van der Waals surface area contributed by atoms with E-state index in [1.54, 1.807) is 18.2 Å². The summed E-state index contributed by atoms with van der Waals surface area (Å²) < 4.78 is 5.81. The van der Waals surface area contributed by atoms with Gasteiger partial charge in [-0.25, -0.2) is 0 Å². The lowest BCUT2D eigenvalue weighted by atomic mass is 10.0. The molecule has 1 heterocycles. The summed E-state index contributed by atoms with van der Waals surface area (Å²) >= 11 is 9.20. The lowest BCUT2D eigenvalue weighted by Crippen LogP contribution is -2.42. The van der Waals surface area contributed by atoms with Gasteiger partial charge in [0.05, 0.1) is 29.8 Å². The first-order valence-electron chi connectivity index (χ1n) is 5.55. The molecule has 1 aliphatic rings. The van der Waals surface area contributed by atoms with Crippen LogP contribution < -0.4 is 5.32 Å². The molecule has 1 amide bonds.